The van der Waals surface area contributed by atoms with Gasteiger partial charge in [0.25, 0.3) is 0 Å². The summed E-state index contributed by atoms with van der Waals surface area (Å²) in [7, 11) is 1.36. The van der Waals surface area contributed by atoms with Crippen LogP contribution in [0.3, 0.4) is 0 Å². The van der Waals surface area contributed by atoms with Gasteiger partial charge in [0.05, 0.1) is 13.2 Å². The number of rotatable bonds is 2. The third-order valence-electron chi connectivity index (χ3n) is 4.86. The minimum atomic E-state index is -0.592. The number of aliphatic hydroxyl groups is 1. The van der Waals surface area contributed by atoms with E-state index in [0.717, 1.165) is 32.1 Å². The first-order valence-electron chi connectivity index (χ1n) is 8.48. The monoisotopic (exact) mass is 327 g/mol. The fraction of sp³-hybridized carbons (Fsp3) is 0.882. The van der Waals surface area contributed by atoms with Crippen LogP contribution in [0.15, 0.2) is 0 Å². The molecule has 132 valence electrons. The summed E-state index contributed by atoms with van der Waals surface area (Å²) >= 11 is 0. The number of hydrogen-bond donors (Lipinski definition) is 1. The third kappa shape index (κ3) is 4.37. The van der Waals surface area contributed by atoms with Gasteiger partial charge >= 0.3 is 12.1 Å². The van der Waals surface area contributed by atoms with Gasteiger partial charge in [0.2, 0.25) is 0 Å². The van der Waals surface area contributed by atoms with Gasteiger partial charge in [-0.3, -0.25) is 4.90 Å². The number of hydrogen-bond acceptors (Lipinski definition) is 5. The Morgan fingerprint density at radius 1 is 1.09 bits per heavy atom. The fourth-order valence-electron chi connectivity index (χ4n) is 3.79. The largest absolute Gasteiger partial charge is 0.467 e. The number of esters is 1. The maximum Gasteiger partial charge on any atom is 0.411 e. The maximum atomic E-state index is 12.4. The normalized spacial score (nSPS) is 31.8. The summed E-state index contributed by atoms with van der Waals surface area (Å²) in [4.78, 5) is 26.2. The van der Waals surface area contributed by atoms with Gasteiger partial charge in [0.1, 0.15) is 11.6 Å². The number of nitrogens with zero attached hydrogens (tertiary/aromatic N) is 1. The summed E-state index contributed by atoms with van der Waals surface area (Å²) in [5, 5.41) is 9.68. The molecule has 2 atom stereocenters. The molecule has 0 radical (unpaired) electrons. The molecule has 1 aliphatic carbocycles. The molecule has 0 aromatic carbocycles. The van der Waals surface area contributed by atoms with E-state index in [4.69, 9.17) is 9.47 Å². The summed E-state index contributed by atoms with van der Waals surface area (Å²) < 4.78 is 10.4. The van der Waals surface area contributed by atoms with E-state index >= 15 is 0 Å². The van der Waals surface area contributed by atoms with Crippen LogP contribution in [0.5, 0.6) is 0 Å². The van der Waals surface area contributed by atoms with Crippen molar-refractivity contribution in [1.82, 2.24) is 4.90 Å². The van der Waals surface area contributed by atoms with Crippen molar-refractivity contribution in [3.8, 4) is 0 Å². The molecule has 1 saturated carbocycles. The van der Waals surface area contributed by atoms with E-state index in [1.807, 2.05) is 20.8 Å². The van der Waals surface area contributed by atoms with Crippen LogP contribution in [0.4, 0.5) is 4.79 Å². The Morgan fingerprint density at radius 2 is 1.70 bits per heavy atom. The molecule has 0 spiro atoms. The van der Waals surface area contributed by atoms with Gasteiger partial charge < -0.3 is 14.6 Å². The highest BCUT2D eigenvalue weighted by molar-refractivity contribution is 5.82. The van der Waals surface area contributed by atoms with Crippen LogP contribution in [0.2, 0.25) is 0 Å². The molecule has 0 aromatic rings. The lowest BCUT2D eigenvalue weighted by atomic mass is 9.76. The molecule has 2 fully saturated rings. The van der Waals surface area contributed by atoms with E-state index in [1.54, 1.807) is 0 Å². The summed E-state index contributed by atoms with van der Waals surface area (Å²) in [6.07, 6.45) is 3.41. The Kier molecular flexibility index (Phi) is 5.55. The lowest BCUT2D eigenvalue weighted by Gasteiger charge is -2.34. The molecule has 1 amide bonds. The lowest BCUT2D eigenvalue weighted by Crippen LogP contribution is -2.47. The number of likely N-dealkylation sites (tertiary alicyclic amines) is 1. The summed E-state index contributed by atoms with van der Waals surface area (Å²) in [5.74, 6) is 0.0573. The molecular formula is C17H29NO5. The second kappa shape index (κ2) is 7.07. The summed E-state index contributed by atoms with van der Waals surface area (Å²) in [6, 6.07) is -0.574. The summed E-state index contributed by atoms with van der Waals surface area (Å²) in [6.45, 7) is 5.95. The molecule has 1 saturated heterocycles. The standard InChI is InChI=1S/C17H29NO5/c1-17(2,3)23-16(21)18-10-9-13(14(18)15(20)22-4)11-5-7-12(19)8-6-11/h11-14,19H,5-10H2,1-4H3/t11?,12?,13-,14-/m1/s1. The number of methoxy groups -OCH3 is 1. The number of ether oxygens (including phenoxy) is 2. The van der Waals surface area contributed by atoms with Crippen LogP contribution in [-0.2, 0) is 14.3 Å². The van der Waals surface area contributed by atoms with Gasteiger partial charge in [0.15, 0.2) is 0 Å². The molecule has 0 aromatic heterocycles. The fourth-order valence-corrected chi connectivity index (χ4v) is 3.79. The zero-order valence-electron chi connectivity index (χ0n) is 14.6. The molecule has 6 heteroatoms. The van der Waals surface area contributed by atoms with Gasteiger partial charge in [-0.2, -0.15) is 0 Å². The van der Waals surface area contributed by atoms with Crippen LogP contribution < -0.4 is 0 Å². The smallest absolute Gasteiger partial charge is 0.411 e. The van der Waals surface area contributed by atoms with Crippen LogP contribution in [0, 0.1) is 11.8 Å². The minimum Gasteiger partial charge on any atom is -0.467 e. The minimum absolute atomic E-state index is 0.0856. The maximum absolute atomic E-state index is 12.4. The Morgan fingerprint density at radius 3 is 2.22 bits per heavy atom. The van der Waals surface area contributed by atoms with Gasteiger partial charge in [-0.05, 0) is 64.7 Å². The predicted octanol–water partition coefficient (Wildman–Crippen LogP) is 2.34. The van der Waals surface area contributed by atoms with Crippen LogP contribution in [0.25, 0.3) is 0 Å². The van der Waals surface area contributed by atoms with E-state index in [9.17, 15) is 14.7 Å². The van der Waals surface area contributed by atoms with Crippen molar-refractivity contribution in [1.29, 1.82) is 0 Å². The van der Waals surface area contributed by atoms with Gasteiger partial charge in [-0.25, -0.2) is 9.59 Å². The highest BCUT2D eigenvalue weighted by Gasteiger charge is 2.47. The topological polar surface area (TPSA) is 76.1 Å². The quantitative estimate of drug-likeness (QED) is 0.788. The van der Waals surface area contributed by atoms with Crippen molar-refractivity contribution in [2.75, 3.05) is 13.7 Å². The first kappa shape index (κ1) is 18.0. The van der Waals surface area contributed by atoms with E-state index in [0.29, 0.717) is 12.5 Å². The van der Waals surface area contributed by atoms with Gasteiger partial charge in [-0.1, -0.05) is 0 Å². The van der Waals surface area contributed by atoms with Crippen LogP contribution in [0.1, 0.15) is 52.9 Å². The average molecular weight is 327 g/mol. The van der Waals surface area contributed by atoms with Crippen molar-refractivity contribution >= 4 is 12.1 Å². The Labute approximate surface area is 138 Å². The zero-order chi connectivity index (χ0) is 17.2. The lowest BCUT2D eigenvalue weighted by molar-refractivity contribution is -0.148. The van der Waals surface area contributed by atoms with Gasteiger partial charge in [-0.15, -0.1) is 0 Å². The van der Waals surface area contributed by atoms with E-state index in [2.05, 4.69) is 0 Å². The predicted molar refractivity (Wildman–Crippen MR) is 84.8 cm³/mol. The number of amides is 1. The van der Waals surface area contributed by atoms with Crippen molar-refractivity contribution < 1.29 is 24.2 Å². The van der Waals surface area contributed by atoms with Crippen molar-refractivity contribution in [2.24, 2.45) is 11.8 Å². The molecule has 1 N–H and O–H groups in total. The molecule has 2 rings (SSSR count). The second-order valence-corrected chi connectivity index (χ2v) is 7.66. The molecule has 1 aliphatic heterocycles. The molecule has 2 aliphatic rings. The van der Waals surface area contributed by atoms with Crippen molar-refractivity contribution in [3.63, 3.8) is 0 Å². The molecule has 0 unspecified atom stereocenters. The first-order chi connectivity index (χ1) is 10.7. The van der Waals surface area contributed by atoms with Crippen molar-refractivity contribution in [3.05, 3.63) is 0 Å². The van der Waals surface area contributed by atoms with Crippen molar-refractivity contribution in [2.45, 2.75) is 70.6 Å². The Bertz CT molecular complexity index is 437. The first-order valence-corrected chi connectivity index (χ1v) is 8.48. The average Bonchev–Trinajstić information content (AvgIpc) is 2.90. The third-order valence-corrected chi connectivity index (χ3v) is 4.86. The second-order valence-electron chi connectivity index (χ2n) is 7.66. The SMILES string of the molecule is COC(=O)[C@H]1[C@@H](C2CCC(O)CC2)CCN1C(=O)OC(C)(C)C. The zero-order valence-corrected chi connectivity index (χ0v) is 14.6. The molecule has 0 bridgehead atoms. The molecule has 23 heavy (non-hydrogen) atoms. The Balaban J connectivity index is 2.12. The molecule has 1 heterocycles. The van der Waals surface area contributed by atoms with E-state index in [1.165, 1.54) is 12.0 Å². The number of aliphatic hydroxyl groups excluding tert-OH is 1. The van der Waals surface area contributed by atoms with Crippen LogP contribution >= 0.6 is 0 Å². The Hall–Kier alpha value is -1.30. The number of carbonyl (C=O) groups is 2. The van der Waals surface area contributed by atoms with E-state index in [-0.39, 0.29) is 18.0 Å². The number of carbonyl (C=O) groups excluding carboxylic acids is 2. The summed E-state index contributed by atoms with van der Waals surface area (Å²) in [5.41, 5.74) is -0.592. The van der Waals surface area contributed by atoms with Crippen LogP contribution in [-0.4, -0.2) is 53.5 Å². The highest BCUT2D eigenvalue weighted by atomic mass is 16.6. The highest BCUT2D eigenvalue weighted by Crippen LogP contribution is 2.39. The molecule has 6 nitrogen and oxygen atoms in total. The van der Waals surface area contributed by atoms with Gasteiger partial charge in [0, 0.05) is 6.54 Å². The molecular weight excluding hydrogens is 298 g/mol. The van der Waals surface area contributed by atoms with E-state index < -0.39 is 17.7 Å².